The molecule has 0 bridgehead atoms. The van der Waals surface area contributed by atoms with Gasteiger partial charge in [0.2, 0.25) is 0 Å². The van der Waals surface area contributed by atoms with Crippen molar-refractivity contribution in [1.82, 2.24) is 4.98 Å². The average Bonchev–Trinajstić information content (AvgIpc) is 2.95. The summed E-state index contributed by atoms with van der Waals surface area (Å²) in [4.78, 5) is 27.2. The van der Waals surface area contributed by atoms with Crippen LogP contribution in [0.4, 0.5) is 0 Å². The molecule has 0 amide bonds. The van der Waals surface area contributed by atoms with Gasteiger partial charge in [0.15, 0.2) is 5.78 Å². The number of Topliss-reactive ketones (excluding diaryl/α,β-unsaturated/α-hetero) is 1. The van der Waals surface area contributed by atoms with Gasteiger partial charge < -0.3 is 4.98 Å². The highest BCUT2D eigenvalue weighted by molar-refractivity contribution is 7.07. The number of H-pyrrole nitrogens is 1. The molecule has 0 atom stereocenters. The molecule has 0 radical (unpaired) electrons. The maximum Gasteiger partial charge on any atom is 0.266 e. The lowest BCUT2D eigenvalue weighted by molar-refractivity contribution is 0.106. The van der Waals surface area contributed by atoms with Gasteiger partial charge in [-0.2, -0.15) is 0 Å². The van der Waals surface area contributed by atoms with Crippen LogP contribution >= 0.6 is 22.9 Å². The summed E-state index contributed by atoms with van der Waals surface area (Å²) < 4.78 is 1.09. The van der Waals surface area contributed by atoms with Crippen molar-refractivity contribution in [2.75, 3.05) is 0 Å². The van der Waals surface area contributed by atoms with Crippen LogP contribution in [0.2, 0.25) is 5.02 Å². The van der Waals surface area contributed by atoms with Crippen LogP contribution in [-0.2, 0) is 0 Å². The fraction of sp³-hybridized carbons (Fsp3) is 0.143. The molecule has 1 heterocycles. The van der Waals surface area contributed by atoms with Crippen LogP contribution in [0.3, 0.4) is 0 Å². The molecule has 1 aromatic heterocycles. The van der Waals surface area contributed by atoms with E-state index >= 15 is 0 Å². The number of aromatic nitrogens is 1. The van der Waals surface area contributed by atoms with Crippen molar-refractivity contribution in [2.24, 2.45) is 0 Å². The van der Waals surface area contributed by atoms with E-state index in [9.17, 15) is 9.59 Å². The van der Waals surface area contributed by atoms with E-state index in [1.807, 2.05) is 18.2 Å². The van der Waals surface area contributed by atoms with Crippen molar-refractivity contribution in [1.29, 1.82) is 0 Å². The number of nitrogens with one attached hydrogen (secondary N) is 1. The first-order chi connectivity index (χ1) is 12.4. The molecule has 2 aromatic carbocycles. The Bertz CT molecular complexity index is 1090. The molecule has 5 heteroatoms. The van der Waals surface area contributed by atoms with E-state index in [1.165, 1.54) is 23.0 Å². The van der Waals surface area contributed by atoms with Gasteiger partial charge >= 0.3 is 0 Å². The molecule has 0 aliphatic heterocycles. The molecule has 3 aromatic rings. The third-order valence-corrected chi connectivity index (χ3v) is 5.19. The van der Waals surface area contributed by atoms with Gasteiger partial charge in [-0.1, -0.05) is 49.7 Å². The topological polar surface area (TPSA) is 49.9 Å². The van der Waals surface area contributed by atoms with Crippen LogP contribution in [0.1, 0.15) is 41.3 Å². The Morgan fingerprint density at radius 2 is 1.73 bits per heavy atom. The first kappa shape index (κ1) is 18.4. The summed E-state index contributed by atoms with van der Waals surface area (Å²) in [5.74, 6) is 0.293. The predicted molar refractivity (Wildman–Crippen MR) is 109 cm³/mol. The number of hydrogen-bond donors (Lipinski definition) is 1. The number of thiazole rings is 1. The van der Waals surface area contributed by atoms with Gasteiger partial charge in [-0.05, 0) is 47.4 Å². The minimum absolute atomic E-state index is 0.174. The molecule has 3 rings (SSSR count). The van der Waals surface area contributed by atoms with Gasteiger partial charge in [-0.3, -0.25) is 9.59 Å². The van der Waals surface area contributed by atoms with E-state index < -0.39 is 0 Å². The Labute approximate surface area is 160 Å². The molecule has 26 heavy (non-hydrogen) atoms. The standard InChI is InChI=1S/C21H18ClNO2S/c1-13(2)15-5-3-14(4-6-15)11-19-21(25)23-20(26-19)12-18(24)16-7-9-17(22)10-8-16/h3-13H,1-2H3,(H,23,25)/b19-11-,20-12-. The maximum atomic E-state index is 12.3. The lowest BCUT2D eigenvalue weighted by Gasteiger charge is -2.04. The SMILES string of the molecule is CC(C)c1ccc(/C=c2\s/c(=C\C(=O)c3ccc(Cl)cc3)[nH]c2=O)cc1. The molecular weight excluding hydrogens is 366 g/mol. The number of carbonyl (C=O) groups is 1. The van der Waals surface area contributed by atoms with Crippen molar-refractivity contribution >= 4 is 40.9 Å². The average molecular weight is 384 g/mol. The first-order valence-electron chi connectivity index (χ1n) is 8.25. The number of ketones is 1. The van der Waals surface area contributed by atoms with Crippen LogP contribution in [0.15, 0.2) is 53.3 Å². The summed E-state index contributed by atoms with van der Waals surface area (Å²) in [5.41, 5.74) is 2.54. The number of aromatic amines is 1. The lowest BCUT2D eigenvalue weighted by Crippen LogP contribution is -2.20. The molecular formula is C21H18ClNO2S. The van der Waals surface area contributed by atoms with Crippen LogP contribution in [-0.4, -0.2) is 10.8 Å². The van der Waals surface area contributed by atoms with Crippen molar-refractivity contribution < 1.29 is 4.79 Å². The van der Waals surface area contributed by atoms with Crippen molar-refractivity contribution in [3.8, 4) is 0 Å². The number of rotatable bonds is 4. The third kappa shape index (κ3) is 4.40. The van der Waals surface area contributed by atoms with Gasteiger partial charge in [0.1, 0.15) is 0 Å². The Hall–Kier alpha value is -2.43. The fourth-order valence-corrected chi connectivity index (χ4v) is 3.48. The Kier molecular flexibility index (Phi) is 5.55. The summed E-state index contributed by atoms with van der Waals surface area (Å²) in [6, 6.07) is 14.8. The quantitative estimate of drug-likeness (QED) is 0.698. The zero-order valence-electron chi connectivity index (χ0n) is 14.5. The van der Waals surface area contributed by atoms with Crippen LogP contribution in [0.25, 0.3) is 12.2 Å². The van der Waals surface area contributed by atoms with Gasteiger partial charge in [-0.25, -0.2) is 0 Å². The summed E-state index contributed by atoms with van der Waals surface area (Å²) in [6.07, 6.45) is 3.27. The molecule has 0 aliphatic rings. The predicted octanol–water partition coefficient (Wildman–Crippen LogP) is 3.71. The molecule has 0 saturated heterocycles. The zero-order chi connectivity index (χ0) is 18.7. The van der Waals surface area contributed by atoms with E-state index in [1.54, 1.807) is 24.3 Å². The van der Waals surface area contributed by atoms with E-state index in [-0.39, 0.29) is 11.3 Å². The van der Waals surface area contributed by atoms with E-state index in [0.29, 0.717) is 25.7 Å². The molecule has 1 N–H and O–H groups in total. The second-order valence-corrected chi connectivity index (χ2v) is 7.79. The van der Waals surface area contributed by atoms with Gasteiger partial charge in [0, 0.05) is 16.7 Å². The van der Waals surface area contributed by atoms with Gasteiger partial charge in [-0.15, -0.1) is 11.3 Å². The summed E-state index contributed by atoms with van der Waals surface area (Å²) in [6.45, 7) is 4.28. The molecule has 0 unspecified atom stereocenters. The minimum Gasteiger partial charge on any atom is -0.313 e. The van der Waals surface area contributed by atoms with Crippen molar-refractivity contribution in [2.45, 2.75) is 19.8 Å². The van der Waals surface area contributed by atoms with Crippen molar-refractivity contribution in [3.05, 3.63) is 89.8 Å². The van der Waals surface area contributed by atoms with Crippen molar-refractivity contribution in [3.63, 3.8) is 0 Å². The molecule has 0 saturated carbocycles. The monoisotopic (exact) mass is 383 g/mol. The Balaban J connectivity index is 1.92. The normalized spacial score (nSPS) is 12.8. The number of carbonyl (C=O) groups excluding carboxylic acids is 1. The zero-order valence-corrected chi connectivity index (χ0v) is 16.0. The van der Waals surface area contributed by atoms with Crippen LogP contribution in [0, 0.1) is 0 Å². The number of benzene rings is 2. The van der Waals surface area contributed by atoms with E-state index in [2.05, 4.69) is 31.0 Å². The number of halogens is 1. The first-order valence-corrected chi connectivity index (χ1v) is 9.44. The molecule has 0 spiro atoms. The van der Waals surface area contributed by atoms with Gasteiger partial charge in [0.05, 0.1) is 9.20 Å². The Morgan fingerprint density at radius 3 is 2.35 bits per heavy atom. The highest BCUT2D eigenvalue weighted by Crippen LogP contribution is 2.14. The summed E-state index contributed by atoms with van der Waals surface area (Å²) in [7, 11) is 0. The van der Waals surface area contributed by atoms with Crippen LogP contribution < -0.4 is 14.8 Å². The van der Waals surface area contributed by atoms with Gasteiger partial charge in [0.25, 0.3) is 5.56 Å². The summed E-state index contributed by atoms with van der Waals surface area (Å²) >= 11 is 7.10. The molecule has 0 fully saturated rings. The molecule has 0 aliphatic carbocycles. The van der Waals surface area contributed by atoms with E-state index in [0.717, 1.165) is 5.56 Å². The smallest absolute Gasteiger partial charge is 0.266 e. The lowest BCUT2D eigenvalue weighted by atomic mass is 10.0. The highest BCUT2D eigenvalue weighted by Gasteiger charge is 2.03. The largest absolute Gasteiger partial charge is 0.313 e. The van der Waals surface area contributed by atoms with E-state index in [4.69, 9.17) is 11.6 Å². The highest BCUT2D eigenvalue weighted by atomic mass is 35.5. The second kappa shape index (κ2) is 7.85. The minimum atomic E-state index is -0.196. The molecule has 3 nitrogen and oxygen atoms in total. The summed E-state index contributed by atoms with van der Waals surface area (Å²) in [5, 5.41) is 0.575. The van der Waals surface area contributed by atoms with Crippen LogP contribution in [0.5, 0.6) is 0 Å². The fourth-order valence-electron chi connectivity index (χ4n) is 2.47. The number of hydrogen-bond acceptors (Lipinski definition) is 3. The molecule has 132 valence electrons. The maximum absolute atomic E-state index is 12.3. The Morgan fingerprint density at radius 1 is 1.08 bits per heavy atom. The second-order valence-electron chi connectivity index (χ2n) is 6.27. The third-order valence-electron chi connectivity index (χ3n) is 3.97.